The predicted molar refractivity (Wildman–Crippen MR) is 70.9 cm³/mol. The zero-order valence-electron chi connectivity index (χ0n) is 11.8. The van der Waals surface area contributed by atoms with Gasteiger partial charge >= 0.3 is 0 Å². The Morgan fingerprint density at radius 2 is 1.75 bits per heavy atom. The molecule has 1 aromatic rings. The zero-order chi connectivity index (χ0) is 14.8. The van der Waals surface area contributed by atoms with E-state index in [2.05, 4.69) is 5.32 Å². The van der Waals surface area contributed by atoms with Crippen molar-refractivity contribution < 1.29 is 17.9 Å². The van der Waals surface area contributed by atoms with E-state index in [9.17, 15) is 13.2 Å². The highest BCUT2D eigenvalue weighted by atomic mass is 19.2. The van der Waals surface area contributed by atoms with E-state index in [0.29, 0.717) is 0 Å². The molecule has 1 aliphatic carbocycles. The Bertz CT molecular complexity index is 472. The van der Waals surface area contributed by atoms with Gasteiger partial charge in [0.15, 0.2) is 17.5 Å². The van der Waals surface area contributed by atoms with Gasteiger partial charge in [0, 0.05) is 12.7 Å². The Hall–Kier alpha value is -1.07. The highest BCUT2D eigenvalue weighted by Crippen LogP contribution is 2.42. The summed E-state index contributed by atoms with van der Waals surface area (Å²) in [4.78, 5) is 0. The lowest BCUT2D eigenvalue weighted by atomic mass is 9.76. The summed E-state index contributed by atoms with van der Waals surface area (Å²) >= 11 is 0. The molecule has 5 heteroatoms. The monoisotopic (exact) mass is 287 g/mol. The van der Waals surface area contributed by atoms with Gasteiger partial charge in [-0.3, -0.25) is 0 Å². The molecule has 0 bridgehead atoms. The molecular formula is C15H20F3NO. The molecule has 0 amide bonds. The van der Waals surface area contributed by atoms with Gasteiger partial charge in [0.05, 0.1) is 11.6 Å². The second-order valence-electron chi connectivity index (χ2n) is 5.32. The summed E-state index contributed by atoms with van der Waals surface area (Å²) < 4.78 is 46.3. The number of likely N-dealkylation sites (N-methyl/N-ethyl adjacent to an activating group) is 1. The number of methoxy groups -OCH3 is 1. The van der Waals surface area contributed by atoms with Crippen molar-refractivity contribution in [2.45, 2.75) is 43.7 Å². The minimum absolute atomic E-state index is 0.121. The highest BCUT2D eigenvalue weighted by molar-refractivity contribution is 5.26. The largest absolute Gasteiger partial charge is 0.376 e. The number of halogens is 3. The number of benzene rings is 1. The number of hydrogen-bond acceptors (Lipinski definition) is 2. The van der Waals surface area contributed by atoms with E-state index < -0.39 is 29.1 Å². The third-order valence-corrected chi connectivity index (χ3v) is 4.30. The van der Waals surface area contributed by atoms with Crippen LogP contribution in [0.4, 0.5) is 13.2 Å². The Morgan fingerprint density at radius 3 is 2.30 bits per heavy atom. The lowest BCUT2D eigenvalue weighted by Crippen LogP contribution is -2.46. The van der Waals surface area contributed by atoms with Crippen molar-refractivity contribution in [3.8, 4) is 0 Å². The van der Waals surface area contributed by atoms with Gasteiger partial charge in [0.1, 0.15) is 0 Å². The number of rotatable bonds is 4. The van der Waals surface area contributed by atoms with Gasteiger partial charge in [-0.1, -0.05) is 25.3 Å². The van der Waals surface area contributed by atoms with Crippen molar-refractivity contribution >= 4 is 0 Å². The Labute approximate surface area is 117 Å². The molecule has 0 saturated heterocycles. The van der Waals surface area contributed by atoms with Crippen molar-refractivity contribution in [3.05, 3.63) is 35.1 Å². The van der Waals surface area contributed by atoms with Gasteiger partial charge in [0.25, 0.3) is 0 Å². The standard InChI is InChI=1S/C15H20F3NO/c1-19-14(15(20-2)8-4-3-5-9-15)10-6-7-11(16)13(18)12(10)17/h6-7,14,19H,3-5,8-9H2,1-2H3. The van der Waals surface area contributed by atoms with Gasteiger partial charge in [-0.25, -0.2) is 13.2 Å². The molecule has 1 aromatic carbocycles. The molecule has 1 N–H and O–H groups in total. The van der Waals surface area contributed by atoms with Crippen LogP contribution in [-0.2, 0) is 4.74 Å². The molecule has 1 fully saturated rings. The van der Waals surface area contributed by atoms with Gasteiger partial charge in [0.2, 0.25) is 0 Å². The molecule has 0 heterocycles. The molecular weight excluding hydrogens is 267 g/mol. The Kier molecular flexibility index (Phi) is 4.70. The van der Waals surface area contributed by atoms with Gasteiger partial charge in [-0.2, -0.15) is 0 Å². The molecule has 2 nitrogen and oxygen atoms in total. The highest BCUT2D eigenvalue weighted by Gasteiger charge is 2.41. The Balaban J connectivity index is 2.43. The molecule has 1 atom stereocenters. The van der Waals surface area contributed by atoms with Crippen LogP contribution in [0.3, 0.4) is 0 Å². The molecule has 0 aliphatic heterocycles. The fourth-order valence-corrected chi connectivity index (χ4v) is 3.23. The maximum atomic E-state index is 14.1. The first-order valence-electron chi connectivity index (χ1n) is 6.91. The van der Waals surface area contributed by atoms with Crippen LogP contribution in [-0.4, -0.2) is 19.8 Å². The van der Waals surface area contributed by atoms with Gasteiger partial charge < -0.3 is 10.1 Å². The van der Waals surface area contributed by atoms with E-state index in [1.807, 2.05) is 0 Å². The lowest BCUT2D eigenvalue weighted by molar-refractivity contribution is -0.0679. The number of nitrogens with one attached hydrogen (secondary N) is 1. The smallest absolute Gasteiger partial charge is 0.194 e. The average Bonchev–Trinajstić information content (AvgIpc) is 2.49. The summed E-state index contributed by atoms with van der Waals surface area (Å²) in [6.07, 6.45) is 4.62. The van der Waals surface area contributed by atoms with E-state index in [0.717, 1.165) is 38.2 Å². The van der Waals surface area contributed by atoms with Crippen LogP contribution in [0.5, 0.6) is 0 Å². The Morgan fingerprint density at radius 1 is 1.10 bits per heavy atom. The first kappa shape index (κ1) is 15.3. The molecule has 2 rings (SSSR count). The lowest BCUT2D eigenvalue weighted by Gasteiger charge is -2.42. The van der Waals surface area contributed by atoms with E-state index in [1.54, 1.807) is 14.2 Å². The van der Waals surface area contributed by atoms with Gasteiger partial charge in [-0.05, 0) is 26.0 Å². The molecule has 0 radical (unpaired) electrons. The van der Waals surface area contributed by atoms with Crippen LogP contribution >= 0.6 is 0 Å². The van der Waals surface area contributed by atoms with Crippen LogP contribution in [0, 0.1) is 17.5 Å². The quantitative estimate of drug-likeness (QED) is 0.852. The molecule has 112 valence electrons. The van der Waals surface area contributed by atoms with E-state index in [4.69, 9.17) is 4.74 Å². The summed E-state index contributed by atoms with van der Waals surface area (Å²) in [6, 6.07) is 1.76. The summed E-state index contributed by atoms with van der Waals surface area (Å²) in [5.41, 5.74) is -0.451. The van der Waals surface area contributed by atoms with Crippen molar-refractivity contribution in [3.63, 3.8) is 0 Å². The van der Waals surface area contributed by atoms with Crippen molar-refractivity contribution in [1.29, 1.82) is 0 Å². The topological polar surface area (TPSA) is 21.3 Å². The summed E-state index contributed by atoms with van der Waals surface area (Å²) in [6.45, 7) is 0. The zero-order valence-corrected chi connectivity index (χ0v) is 11.8. The fraction of sp³-hybridized carbons (Fsp3) is 0.600. The molecule has 1 saturated carbocycles. The van der Waals surface area contributed by atoms with Gasteiger partial charge in [-0.15, -0.1) is 0 Å². The molecule has 20 heavy (non-hydrogen) atoms. The third kappa shape index (κ3) is 2.56. The molecule has 1 aliphatic rings. The number of hydrogen-bond donors (Lipinski definition) is 1. The maximum Gasteiger partial charge on any atom is 0.194 e. The molecule has 0 aromatic heterocycles. The second-order valence-corrected chi connectivity index (χ2v) is 5.32. The maximum absolute atomic E-state index is 14.1. The van der Waals surface area contributed by atoms with Crippen LogP contribution < -0.4 is 5.32 Å². The van der Waals surface area contributed by atoms with Crippen LogP contribution in [0.25, 0.3) is 0 Å². The second kappa shape index (κ2) is 6.14. The van der Waals surface area contributed by atoms with Crippen LogP contribution in [0.15, 0.2) is 12.1 Å². The van der Waals surface area contributed by atoms with Crippen molar-refractivity contribution in [2.75, 3.05) is 14.2 Å². The first-order valence-corrected chi connectivity index (χ1v) is 6.91. The molecule has 1 unspecified atom stereocenters. The predicted octanol–water partition coefficient (Wildman–Crippen LogP) is 3.71. The third-order valence-electron chi connectivity index (χ3n) is 4.30. The number of ether oxygens (including phenoxy) is 1. The van der Waals surface area contributed by atoms with E-state index >= 15 is 0 Å². The fourth-order valence-electron chi connectivity index (χ4n) is 3.23. The van der Waals surface area contributed by atoms with E-state index in [1.165, 1.54) is 6.07 Å². The van der Waals surface area contributed by atoms with E-state index in [-0.39, 0.29) is 5.56 Å². The minimum Gasteiger partial charge on any atom is -0.376 e. The summed E-state index contributed by atoms with van der Waals surface area (Å²) in [7, 11) is 3.27. The van der Waals surface area contributed by atoms with Crippen molar-refractivity contribution in [1.82, 2.24) is 5.32 Å². The first-order chi connectivity index (χ1) is 9.55. The SMILES string of the molecule is CNC(c1ccc(F)c(F)c1F)C1(OC)CCCCC1. The van der Waals surface area contributed by atoms with Crippen molar-refractivity contribution in [2.24, 2.45) is 0 Å². The summed E-state index contributed by atoms with van der Waals surface area (Å²) in [5.74, 6) is -3.73. The normalized spacial score (nSPS) is 19.9. The molecule has 0 spiro atoms. The van der Waals surface area contributed by atoms with Crippen LogP contribution in [0.1, 0.15) is 43.7 Å². The minimum atomic E-state index is -1.43. The van der Waals surface area contributed by atoms with Crippen LogP contribution in [0.2, 0.25) is 0 Å². The average molecular weight is 287 g/mol. The summed E-state index contributed by atoms with van der Waals surface area (Å²) in [5, 5.41) is 3.01.